The molecule has 1 unspecified atom stereocenters. The number of carboxylic acids is 1. The molecule has 0 saturated heterocycles. The van der Waals surface area contributed by atoms with Crippen LogP contribution in [0, 0.1) is 11.2 Å². The van der Waals surface area contributed by atoms with E-state index in [1.54, 1.807) is 12.1 Å². The average Bonchev–Trinajstić information content (AvgIpc) is 3.19. The summed E-state index contributed by atoms with van der Waals surface area (Å²) in [6, 6.07) is 4.52. The van der Waals surface area contributed by atoms with Gasteiger partial charge < -0.3 is 30.0 Å². The number of nitrogens with one attached hydrogen (secondary N) is 1. The Morgan fingerprint density at radius 1 is 1.17 bits per heavy atom. The molecule has 2 aliphatic heterocycles. The number of ketones is 1. The minimum Gasteiger partial charge on any atom is -0.493 e. The Balaban J connectivity index is 0.00000484. The molecular formula is C28H32BrFN4O8. The smallest absolute Gasteiger partial charge is 0.307 e. The van der Waals surface area contributed by atoms with Gasteiger partial charge in [-0.1, -0.05) is 20.8 Å². The zero-order chi connectivity index (χ0) is 30.4. The number of primary amides is 1. The molecule has 0 bridgehead atoms. The summed E-state index contributed by atoms with van der Waals surface area (Å²) in [6.45, 7) is 4.75. The van der Waals surface area contributed by atoms with Crippen LogP contribution in [0.5, 0.6) is 17.2 Å². The molecule has 0 saturated carbocycles. The van der Waals surface area contributed by atoms with E-state index < -0.39 is 53.9 Å². The van der Waals surface area contributed by atoms with Crippen molar-refractivity contribution in [1.82, 2.24) is 4.90 Å². The van der Waals surface area contributed by atoms with Crippen LogP contribution in [0.4, 0.5) is 10.1 Å². The van der Waals surface area contributed by atoms with Crippen LogP contribution in [0.15, 0.2) is 18.2 Å². The van der Waals surface area contributed by atoms with E-state index in [1.807, 2.05) is 20.8 Å². The van der Waals surface area contributed by atoms with Crippen molar-refractivity contribution in [3.8, 4) is 17.2 Å². The summed E-state index contributed by atoms with van der Waals surface area (Å²) < 4.78 is 31.4. The largest absolute Gasteiger partial charge is 0.493 e. The van der Waals surface area contributed by atoms with Crippen molar-refractivity contribution >= 4 is 52.1 Å². The number of hydrogen-bond donors (Lipinski definition) is 3. The van der Waals surface area contributed by atoms with Crippen molar-refractivity contribution in [2.24, 2.45) is 5.73 Å². The zero-order valence-electron chi connectivity index (χ0n) is 23.7. The van der Waals surface area contributed by atoms with E-state index in [2.05, 4.69) is 0 Å². The van der Waals surface area contributed by atoms with E-state index in [-0.39, 0.29) is 70.0 Å². The van der Waals surface area contributed by atoms with Gasteiger partial charge in [0.15, 0.2) is 29.2 Å². The van der Waals surface area contributed by atoms with Crippen molar-refractivity contribution in [1.29, 1.82) is 5.41 Å². The monoisotopic (exact) mass is 650 g/mol. The van der Waals surface area contributed by atoms with E-state index in [9.17, 15) is 24.3 Å². The molecule has 4 N–H and O–H groups in total. The number of hydrogen-bond acceptors (Lipinski definition) is 8. The van der Waals surface area contributed by atoms with Crippen molar-refractivity contribution in [3.05, 3.63) is 46.3 Å². The van der Waals surface area contributed by atoms with Crippen molar-refractivity contribution < 1.29 is 42.9 Å². The highest BCUT2D eigenvalue weighted by Crippen LogP contribution is 2.44. The molecule has 0 aromatic heterocycles. The standard InChI is InChI=1S/C28H31FN4O8.BrH/c1-28(2,3)15-6-13(7-16-24(15)41-19(9-21(36)37)27(38)33(16)12-20(30)35)17(34)11-32-10-14-8-18(39-4)25(40-5)23(29)22(14)26(32)31;/h6-8,19,31H,9-12H2,1-5H3,(H2,30,35)(H,36,37);1H. The van der Waals surface area contributed by atoms with Gasteiger partial charge in [0.2, 0.25) is 5.91 Å². The molecule has 226 valence electrons. The van der Waals surface area contributed by atoms with E-state index in [4.69, 9.17) is 25.4 Å². The van der Waals surface area contributed by atoms with Gasteiger partial charge >= 0.3 is 5.97 Å². The summed E-state index contributed by atoms with van der Waals surface area (Å²) in [6.07, 6.45) is -2.03. The summed E-state index contributed by atoms with van der Waals surface area (Å²) in [7, 11) is 2.66. The number of halogens is 2. The number of nitrogens with two attached hydrogens (primary N) is 1. The molecule has 42 heavy (non-hydrogen) atoms. The fraction of sp³-hybridized carbons (Fsp3) is 0.393. The lowest BCUT2D eigenvalue weighted by atomic mass is 9.83. The summed E-state index contributed by atoms with van der Waals surface area (Å²) in [5.74, 6) is -4.12. The number of rotatable bonds is 9. The summed E-state index contributed by atoms with van der Waals surface area (Å²) in [5, 5.41) is 17.9. The SMILES string of the molecule is Br.COc1cc2c(c(F)c1OC)C(=N)N(CC(=O)c1cc3c(c(C(C)(C)C)c1)OC(CC(=O)O)C(=O)N3CC(N)=O)C2. The number of Topliss-reactive ketones (excluding diaryl/α,β-unsaturated/α-hetero) is 1. The van der Waals surface area contributed by atoms with Crippen molar-refractivity contribution in [3.63, 3.8) is 0 Å². The second-order valence-electron chi connectivity index (χ2n) is 10.8. The Bertz CT molecular complexity index is 1490. The van der Waals surface area contributed by atoms with Gasteiger partial charge in [-0.25, -0.2) is 4.39 Å². The number of amides is 2. The summed E-state index contributed by atoms with van der Waals surface area (Å²) >= 11 is 0. The second kappa shape index (κ2) is 12.0. The van der Waals surface area contributed by atoms with Gasteiger partial charge in [-0.05, 0) is 29.2 Å². The predicted molar refractivity (Wildman–Crippen MR) is 155 cm³/mol. The first-order chi connectivity index (χ1) is 19.2. The minimum atomic E-state index is -1.39. The lowest BCUT2D eigenvalue weighted by Crippen LogP contribution is -2.50. The Hall–Kier alpha value is -4.20. The molecule has 12 nitrogen and oxygen atoms in total. The molecule has 2 aromatic rings. The van der Waals surface area contributed by atoms with Crippen LogP contribution in [0.2, 0.25) is 0 Å². The van der Waals surface area contributed by atoms with Gasteiger partial charge in [-0.3, -0.25) is 29.5 Å². The van der Waals surface area contributed by atoms with Crippen molar-refractivity contribution in [2.75, 3.05) is 32.2 Å². The lowest BCUT2D eigenvalue weighted by Gasteiger charge is -2.37. The molecule has 2 amide bonds. The summed E-state index contributed by atoms with van der Waals surface area (Å²) in [5.41, 5.74) is 5.96. The van der Waals surface area contributed by atoms with Crippen molar-refractivity contribution in [2.45, 2.75) is 45.3 Å². The lowest BCUT2D eigenvalue weighted by molar-refractivity contribution is -0.142. The highest BCUT2D eigenvalue weighted by molar-refractivity contribution is 8.93. The highest BCUT2D eigenvalue weighted by atomic mass is 79.9. The minimum absolute atomic E-state index is 0. The molecule has 2 aromatic carbocycles. The van der Waals surface area contributed by atoms with Crippen LogP contribution in [0.3, 0.4) is 0 Å². The third kappa shape index (κ3) is 5.89. The molecule has 2 aliphatic rings. The van der Waals surface area contributed by atoms with Gasteiger partial charge in [-0.15, -0.1) is 17.0 Å². The number of aliphatic carboxylic acids is 1. The number of methoxy groups -OCH3 is 2. The summed E-state index contributed by atoms with van der Waals surface area (Å²) in [4.78, 5) is 52.5. The zero-order valence-corrected chi connectivity index (χ0v) is 25.4. The first-order valence-corrected chi connectivity index (χ1v) is 12.6. The molecule has 1 atom stereocenters. The van der Waals surface area contributed by atoms with E-state index in [1.165, 1.54) is 25.2 Å². The van der Waals surface area contributed by atoms with E-state index in [0.717, 1.165) is 4.90 Å². The molecule has 0 fully saturated rings. The third-order valence-corrected chi connectivity index (χ3v) is 6.91. The number of carbonyl (C=O) groups is 4. The third-order valence-electron chi connectivity index (χ3n) is 6.91. The number of nitrogens with zero attached hydrogens (tertiary/aromatic N) is 2. The molecule has 0 aliphatic carbocycles. The number of benzene rings is 2. The number of anilines is 1. The average molecular weight is 651 g/mol. The predicted octanol–water partition coefficient (Wildman–Crippen LogP) is 2.80. The number of ether oxygens (including phenoxy) is 3. The van der Waals surface area contributed by atoms with Gasteiger partial charge in [0.05, 0.1) is 38.4 Å². The number of carboxylic acid groups (broad SMARTS) is 1. The molecule has 14 heteroatoms. The second-order valence-corrected chi connectivity index (χ2v) is 10.8. The topological polar surface area (TPSA) is 173 Å². The molecule has 2 heterocycles. The quantitative estimate of drug-likeness (QED) is 0.345. The molecular weight excluding hydrogens is 619 g/mol. The maximum atomic E-state index is 15.2. The Labute approximate surface area is 251 Å². The Kier molecular flexibility index (Phi) is 9.20. The van der Waals surface area contributed by atoms with Crippen LogP contribution in [-0.2, 0) is 26.3 Å². The van der Waals surface area contributed by atoms with Gasteiger partial charge in [0.25, 0.3) is 5.91 Å². The molecule has 4 rings (SSSR count). The van der Waals surface area contributed by atoms with Gasteiger partial charge in [0.1, 0.15) is 18.1 Å². The first kappa shape index (κ1) is 32.3. The van der Waals surface area contributed by atoms with E-state index >= 15 is 4.39 Å². The van der Waals surface area contributed by atoms with Crippen LogP contribution in [0.25, 0.3) is 0 Å². The number of fused-ring (bicyclic) bond motifs is 2. The molecule has 0 spiro atoms. The normalized spacial score (nSPS) is 15.8. The maximum absolute atomic E-state index is 15.2. The Morgan fingerprint density at radius 3 is 2.38 bits per heavy atom. The maximum Gasteiger partial charge on any atom is 0.307 e. The molecule has 0 radical (unpaired) electrons. The number of carbonyl (C=O) groups excluding carboxylic acids is 3. The van der Waals surface area contributed by atoms with E-state index in [0.29, 0.717) is 11.1 Å². The van der Waals surface area contributed by atoms with Gasteiger partial charge in [0, 0.05) is 17.7 Å². The van der Waals surface area contributed by atoms with Crippen LogP contribution in [0.1, 0.15) is 54.2 Å². The van der Waals surface area contributed by atoms with Crippen LogP contribution < -0.4 is 24.8 Å². The van der Waals surface area contributed by atoms with Gasteiger partial charge in [-0.2, -0.15) is 0 Å². The fourth-order valence-corrected chi connectivity index (χ4v) is 4.97. The fourth-order valence-electron chi connectivity index (χ4n) is 4.97. The number of amidine groups is 1. The van der Waals surface area contributed by atoms with Crippen LogP contribution >= 0.6 is 17.0 Å². The van der Waals surface area contributed by atoms with Crippen LogP contribution in [-0.4, -0.2) is 72.8 Å². The first-order valence-electron chi connectivity index (χ1n) is 12.6. The Morgan fingerprint density at radius 2 is 1.83 bits per heavy atom. The highest BCUT2D eigenvalue weighted by Gasteiger charge is 2.40.